The van der Waals surface area contributed by atoms with Crippen LogP contribution in [0.3, 0.4) is 0 Å². The number of aryl methyl sites for hydroxylation is 1. The lowest BCUT2D eigenvalue weighted by Crippen LogP contribution is -1.98. The highest BCUT2D eigenvalue weighted by molar-refractivity contribution is 5.77. The Morgan fingerprint density at radius 1 is 1.21 bits per heavy atom. The molecule has 0 saturated heterocycles. The Kier molecular flexibility index (Phi) is 2.18. The summed E-state index contributed by atoms with van der Waals surface area (Å²) in [5.41, 5.74) is 5.39. The summed E-state index contributed by atoms with van der Waals surface area (Å²) in [6.07, 6.45) is 8.13. The Hall–Kier alpha value is -2.23. The highest BCUT2D eigenvalue weighted by atomic mass is 15.3. The molecule has 0 aliphatic heterocycles. The Labute approximate surface area is 111 Å². The number of rotatable bonds is 2. The molecule has 0 unspecified atom stereocenters. The molecule has 1 saturated carbocycles. The third kappa shape index (κ3) is 1.80. The van der Waals surface area contributed by atoms with E-state index >= 15 is 0 Å². The van der Waals surface area contributed by atoms with E-state index in [1.807, 2.05) is 42.2 Å². The predicted molar refractivity (Wildman–Crippen MR) is 72.9 cm³/mol. The first-order valence-electron chi connectivity index (χ1n) is 6.58. The van der Waals surface area contributed by atoms with Crippen LogP contribution in [0.2, 0.25) is 0 Å². The van der Waals surface area contributed by atoms with E-state index in [1.165, 1.54) is 18.5 Å². The van der Waals surface area contributed by atoms with Crippen LogP contribution in [0, 0.1) is 6.92 Å². The minimum absolute atomic E-state index is 0.632. The molecule has 0 amide bonds. The minimum atomic E-state index is 0.632. The van der Waals surface area contributed by atoms with Crippen molar-refractivity contribution >= 4 is 5.65 Å². The highest BCUT2D eigenvalue weighted by Gasteiger charge is 2.26. The van der Waals surface area contributed by atoms with Gasteiger partial charge in [-0.25, -0.2) is 9.50 Å². The van der Waals surface area contributed by atoms with Crippen molar-refractivity contribution < 1.29 is 0 Å². The normalized spacial score (nSPS) is 15.0. The summed E-state index contributed by atoms with van der Waals surface area (Å²) in [7, 11) is 0. The molecule has 4 nitrogen and oxygen atoms in total. The average Bonchev–Trinajstić information content (AvgIpc) is 3.20. The molecule has 0 N–H and O–H groups in total. The quantitative estimate of drug-likeness (QED) is 0.702. The van der Waals surface area contributed by atoms with Gasteiger partial charge in [0.2, 0.25) is 0 Å². The van der Waals surface area contributed by atoms with Crippen LogP contribution in [0.1, 0.15) is 30.1 Å². The topological polar surface area (TPSA) is 43.1 Å². The Balaban J connectivity index is 2.01. The zero-order valence-corrected chi connectivity index (χ0v) is 10.7. The maximum atomic E-state index is 4.68. The third-order valence-electron chi connectivity index (χ3n) is 3.55. The summed E-state index contributed by atoms with van der Waals surface area (Å²) in [4.78, 5) is 8.67. The fourth-order valence-electron chi connectivity index (χ4n) is 2.43. The molecular formula is C15H14N4. The van der Waals surface area contributed by atoms with Gasteiger partial charge in [0.15, 0.2) is 5.65 Å². The van der Waals surface area contributed by atoms with E-state index in [1.54, 1.807) is 0 Å². The molecule has 19 heavy (non-hydrogen) atoms. The maximum Gasteiger partial charge on any atom is 0.161 e. The molecule has 0 atom stereocenters. The van der Waals surface area contributed by atoms with Crippen molar-refractivity contribution in [1.82, 2.24) is 19.6 Å². The van der Waals surface area contributed by atoms with Gasteiger partial charge in [-0.15, -0.1) is 0 Å². The fourth-order valence-corrected chi connectivity index (χ4v) is 2.43. The Bertz CT molecular complexity index is 741. The zero-order chi connectivity index (χ0) is 12.8. The lowest BCUT2D eigenvalue weighted by atomic mass is 10.1. The number of aromatic nitrogens is 4. The van der Waals surface area contributed by atoms with Gasteiger partial charge in [0.05, 0.1) is 17.6 Å². The van der Waals surface area contributed by atoms with Gasteiger partial charge in [0.25, 0.3) is 0 Å². The summed E-state index contributed by atoms with van der Waals surface area (Å²) in [5, 5.41) is 4.68. The molecule has 1 aliphatic rings. The SMILES string of the molecule is Cc1cn2nc(C3CC3)cc(-c3ccncc3)c2n1. The van der Waals surface area contributed by atoms with Gasteiger partial charge < -0.3 is 0 Å². The van der Waals surface area contributed by atoms with Crippen molar-refractivity contribution in [3.8, 4) is 11.1 Å². The summed E-state index contributed by atoms with van der Waals surface area (Å²) in [6, 6.07) is 6.24. The molecule has 3 heterocycles. The van der Waals surface area contributed by atoms with Gasteiger partial charge >= 0.3 is 0 Å². The summed E-state index contributed by atoms with van der Waals surface area (Å²) in [5.74, 6) is 0.632. The molecule has 0 bridgehead atoms. The molecule has 94 valence electrons. The zero-order valence-electron chi connectivity index (χ0n) is 10.7. The van der Waals surface area contributed by atoms with E-state index in [-0.39, 0.29) is 0 Å². The Morgan fingerprint density at radius 3 is 2.74 bits per heavy atom. The van der Waals surface area contributed by atoms with Crippen LogP contribution in [0.5, 0.6) is 0 Å². The monoisotopic (exact) mass is 250 g/mol. The van der Waals surface area contributed by atoms with Crippen LogP contribution in [0.15, 0.2) is 36.8 Å². The first-order chi connectivity index (χ1) is 9.31. The highest BCUT2D eigenvalue weighted by Crippen LogP contribution is 2.40. The predicted octanol–water partition coefficient (Wildman–Crippen LogP) is 2.98. The van der Waals surface area contributed by atoms with Crippen molar-refractivity contribution in [1.29, 1.82) is 0 Å². The van der Waals surface area contributed by atoms with Crippen LogP contribution in [-0.4, -0.2) is 19.6 Å². The molecule has 0 spiro atoms. The number of nitrogens with zero attached hydrogens (tertiary/aromatic N) is 4. The van der Waals surface area contributed by atoms with E-state index in [2.05, 4.69) is 21.1 Å². The van der Waals surface area contributed by atoms with Crippen LogP contribution in [0.4, 0.5) is 0 Å². The van der Waals surface area contributed by atoms with E-state index in [4.69, 9.17) is 0 Å². The van der Waals surface area contributed by atoms with Gasteiger partial charge in [0, 0.05) is 23.9 Å². The molecule has 3 aromatic rings. The number of hydrogen-bond acceptors (Lipinski definition) is 3. The van der Waals surface area contributed by atoms with Crippen LogP contribution in [0.25, 0.3) is 16.8 Å². The first kappa shape index (κ1) is 10.7. The smallest absolute Gasteiger partial charge is 0.161 e. The molecular weight excluding hydrogens is 236 g/mol. The summed E-state index contributed by atoms with van der Waals surface area (Å²) >= 11 is 0. The lowest BCUT2D eigenvalue weighted by Gasteiger charge is -2.06. The van der Waals surface area contributed by atoms with Gasteiger partial charge in [-0.05, 0) is 43.5 Å². The van der Waals surface area contributed by atoms with Crippen LogP contribution in [-0.2, 0) is 0 Å². The number of fused-ring (bicyclic) bond motifs is 1. The second kappa shape index (κ2) is 3.88. The number of hydrogen-bond donors (Lipinski definition) is 0. The minimum Gasteiger partial charge on any atom is -0.265 e. The second-order valence-electron chi connectivity index (χ2n) is 5.14. The molecule has 4 heteroatoms. The standard InChI is InChI=1S/C15H14N4/c1-10-9-19-15(17-10)13(11-4-6-16-7-5-11)8-14(18-19)12-2-3-12/h4-9,12H,2-3H2,1H3. The van der Waals surface area contributed by atoms with Crippen molar-refractivity contribution in [2.75, 3.05) is 0 Å². The lowest BCUT2D eigenvalue weighted by molar-refractivity contribution is 0.856. The summed E-state index contributed by atoms with van der Waals surface area (Å²) in [6.45, 7) is 2.00. The first-order valence-corrected chi connectivity index (χ1v) is 6.58. The van der Waals surface area contributed by atoms with E-state index in [0.717, 1.165) is 22.5 Å². The molecule has 0 aromatic carbocycles. The van der Waals surface area contributed by atoms with E-state index < -0.39 is 0 Å². The molecule has 0 radical (unpaired) electrons. The second-order valence-corrected chi connectivity index (χ2v) is 5.14. The van der Waals surface area contributed by atoms with Gasteiger partial charge in [-0.3, -0.25) is 4.98 Å². The number of pyridine rings is 1. The Morgan fingerprint density at radius 2 is 2.00 bits per heavy atom. The van der Waals surface area contributed by atoms with Crippen LogP contribution < -0.4 is 0 Å². The summed E-state index contributed by atoms with van der Waals surface area (Å²) < 4.78 is 1.92. The number of imidazole rings is 1. The molecule has 4 rings (SSSR count). The van der Waals surface area contributed by atoms with Gasteiger partial charge in [-0.1, -0.05) is 0 Å². The molecule has 1 aliphatic carbocycles. The third-order valence-corrected chi connectivity index (χ3v) is 3.55. The van der Waals surface area contributed by atoms with E-state index in [0.29, 0.717) is 5.92 Å². The van der Waals surface area contributed by atoms with Crippen molar-refractivity contribution in [2.24, 2.45) is 0 Å². The maximum absolute atomic E-state index is 4.68. The van der Waals surface area contributed by atoms with E-state index in [9.17, 15) is 0 Å². The molecule has 3 aromatic heterocycles. The van der Waals surface area contributed by atoms with Crippen molar-refractivity contribution in [2.45, 2.75) is 25.7 Å². The average molecular weight is 250 g/mol. The fraction of sp³-hybridized carbons (Fsp3) is 0.267. The van der Waals surface area contributed by atoms with Crippen LogP contribution >= 0.6 is 0 Å². The van der Waals surface area contributed by atoms with Gasteiger partial charge in [0.1, 0.15) is 0 Å². The van der Waals surface area contributed by atoms with Crippen molar-refractivity contribution in [3.05, 3.63) is 48.2 Å². The van der Waals surface area contributed by atoms with Gasteiger partial charge in [-0.2, -0.15) is 5.10 Å². The van der Waals surface area contributed by atoms with Crippen molar-refractivity contribution in [3.63, 3.8) is 0 Å². The largest absolute Gasteiger partial charge is 0.265 e. The molecule has 1 fully saturated rings.